The van der Waals surface area contributed by atoms with Gasteiger partial charge in [0.1, 0.15) is 5.37 Å². The zero-order chi connectivity index (χ0) is 15.6. The van der Waals surface area contributed by atoms with Crippen molar-refractivity contribution in [2.45, 2.75) is 43.7 Å². The molecule has 0 spiro atoms. The smallest absolute Gasteiger partial charge is 0.236 e. The van der Waals surface area contributed by atoms with Crippen molar-refractivity contribution in [2.75, 3.05) is 20.1 Å². The summed E-state index contributed by atoms with van der Waals surface area (Å²) in [5.74, 6) is 0.250. The minimum absolute atomic E-state index is 0.0501. The average molecular weight is 306 g/mol. The third-order valence-electron chi connectivity index (χ3n) is 3.91. The van der Waals surface area contributed by atoms with Gasteiger partial charge in [-0.3, -0.25) is 4.79 Å². The van der Waals surface area contributed by atoms with Gasteiger partial charge < -0.3 is 10.2 Å². The normalized spacial score (nSPS) is 22.9. The molecule has 2 atom stereocenters. The van der Waals surface area contributed by atoms with Crippen molar-refractivity contribution in [3.05, 3.63) is 35.4 Å². The molecular formula is C17H26N2OS. The van der Waals surface area contributed by atoms with Crippen molar-refractivity contribution in [3.63, 3.8) is 0 Å². The molecule has 1 fully saturated rings. The Morgan fingerprint density at radius 2 is 1.86 bits per heavy atom. The van der Waals surface area contributed by atoms with Crippen LogP contribution in [0.1, 0.15) is 44.2 Å². The molecule has 1 saturated heterocycles. The third-order valence-corrected chi connectivity index (χ3v) is 5.31. The first-order chi connectivity index (χ1) is 9.84. The minimum Gasteiger partial charge on any atom is -0.324 e. The summed E-state index contributed by atoms with van der Waals surface area (Å²) < 4.78 is 0. The Morgan fingerprint density at radius 1 is 1.24 bits per heavy atom. The van der Waals surface area contributed by atoms with Crippen LogP contribution >= 0.6 is 11.8 Å². The number of thioether (sulfide) groups is 1. The van der Waals surface area contributed by atoms with Crippen LogP contribution in [0, 0.1) is 0 Å². The van der Waals surface area contributed by atoms with Gasteiger partial charge in [0.15, 0.2) is 0 Å². The summed E-state index contributed by atoms with van der Waals surface area (Å²) in [5, 5.41) is 3.33. The summed E-state index contributed by atoms with van der Waals surface area (Å²) in [5.41, 5.74) is 2.72. The van der Waals surface area contributed by atoms with Crippen molar-refractivity contribution in [1.82, 2.24) is 10.2 Å². The zero-order valence-corrected chi connectivity index (χ0v) is 14.5. The van der Waals surface area contributed by atoms with Crippen LogP contribution in [-0.4, -0.2) is 36.2 Å². The monoisotopic (exact) mass is 306 g/mol. The predicted octanol–water partition coefficient (Wildman–Crippen LogP) is 3.17. The van der Waals surface area contributed by atoms with E-state index in [2.05, 4.69) is 50.4 Å². The van der Waals surface area contributed by atoms with Crippen LogP contribution in [0.5, 0.6) is 0 Å². The number of benzene rings is 1. The Bertz CT molecular complexity index is 493. The molecule has 21 heavy (non-hydrogen) atoms. The first-order valence-corrected chi connectivity index (χ1v) is 8.50. The second-order valence-electron chi connectivity index (χ2n) is 6.64. The fourth-order valence-electron chi connectivity index (χ4n) is 2.54. The molecule has 0 unspecified atom stereocenters. The maximum Gasteiger partial charge on any atom is 0.236 e. The number of carbonyl (C=O) groups excluding carboxylic acids is 1. The summed E-state index contributed by atoms with van der Waals surface area (Å²) in [6.07, 6.45) is 0. The molecule has 4 heteroatoms. The fourth-order valence-corrected chi connectivity index (χ4v) is 3.85. The lowest BCUT2D eigenvalue weighted by molar-refractivity contribution is -0.129. The van der Waals surface area contributed by atoms with Gasteiger partial charge in [0.2, 0.25) is 5.91 Å². The molecule has 0 aliphatic carbocycles. The molecule has 0 bridgehead atoms. The van der Waals surface area contributed by atoms with E-state index >= 15 is 0 Å². The average Bonchev–Trinajstić information content (AvgIpc) is 2.72. The van der Waals surface area contributed by atoms with Crippen LogP contribution in [0.3, 0.4) is 0 Å². The topological polar surface area (TPSA) is 32.3 Å². The minimum atomic E-state index is 0.0501. The molecule has 0 radical (unpaired) electrons. The van der Waals surface area contributed by atoms with Crippen LogP contribution in [-0.2, 0) is 10.2 Å². The van der Waals surface area contributed by atoms with Crippen molar-refractivity contribution < 1.29 is 4.79 Å². The Balaban J connectivity index is 2.21. The lowest BCUT2D eigenvalue weighted by atomic mass is 9.86. The van der Waals surface area contributed by atoms with Crippen LogP contribution in [0.25, 0.3) is 0 Å². The van der Waals surface area contributed by atoms with Crippen molar-refractivity contribution in [2.24, 2.45) is 0 Å². The molecule has 1 N–H and O–H groups in total. The van der Waals surface area contributed by atoms with E-state index < -0.39 is 0 Å². The Hall–Kier alpha value is -1.00. The maximum absolute atomic E-state index is 12.3. The molecule has 2 rings (SSSR count). The van der Waals surface area contributed by atoms with E-state index in [9.17, 15) is 4.79 Å². The molecule has 1 amide bonds. The van der Waals surface area contributed by atoms with Crippen LogP contribution in [0.15, 0.2) is 24.3 Å². The van der Waals surface area contributed by atoms with Gasteiger partial charge in [-0.1, -0.05) is 45.0 Å². The molecule has 1 heterocycles. The van der Waals surface area contributed by atoms with Gasteiger partial charge in [-0.05, 0) is 30.5 Å². The number of nitrogens with zero attached hydrogens (tertiary/aromatic N) is 1. The number of hydrogen-bond acceptors (Lipinski definition) is 3. The molecule has 1 aromatic carbocycles. The van der Waals surface area contributed by atoms with Crippen LogP contribution in [0.2, 0.25) is 0 Å². The van der Waals surface area contributed by atoms with Crippen molar-refractivity contribution in [1.29, 1.82) is 0 Å². The standard InChI is InChI=1S/C17H26N2OS/c1-12-15(20)19(11-10-18-5)16(21-12)13-6-8-14(9-7-13)17(2,3)4/h6-9,12,16,18H,10-11H2,1-5H3/t12-,16+/m0/s1. The highest BCUT2D eigenvalue weighted by Crippen LogP contribution is 2.42. The Morgan fingerprint density at radius 3 is 2.38 bits per heavy atom. The second kappa shape index (κ2) is 6.41. The van der Waals surface area contributed by atoms with Gasteiger partial charge in [-0.25, -0.2) is 0 Å². The Kier molecular flexibility index (Phi) is 4.99. The number of hydrogen-bond donors (Lipinski definition) is 1. The van der Waals surface area contributed by atoms with E-state index in [-0.39, 0.29) is 21.9 Å². The molecule has 1 aromatic rings. The molecule has 0 saturated carbocycles. The van der Waals surface area contributed by atoms with Gasteiger partial charge in [0, 0.05) is 13.1 Å². The highest BCUT2D eigenvalue weighted by Gasteiger charge is 2.37. The largest absolute Gasteiger partial charge is 0.324 e. The SMILES string of the molecule is CNCCN1C(=O)[C@H](C)S[C@@H]1c1ccc(C(C)(C)C)cc1. The van der Waals surface area contributed by atoms with E-state index in [0.29, 0.717) is 0 Å². The fraction of sp³-hybridized carbons (Fsp3) is 0.588. The predicted molar refractivity (Wildman–Crippen MR) is 90.6 cm³/mol. The molecule has 0 aromatic heterocycles. The van der Waals surface area contributed by atoms with Crippen LogP contribution < -0.4 is 5.32 Å². The highest BCUT2D eigenvalue weighted by molar-refractivity contribution is 8.01. The maximum atomic E-state index is 12.3. The number of rotatable bonds is 4. The van der Waals surface area contributed by atoms with Gasteiger partial charge in [-0.2, -0.15) is 0 Å². The van der Waals surface area contributed by atoms with E-state index in [1.165, 1.54) is 11.1 Å². The number of amides is 1. The second-order valence-corrected chi connectivity index (χ2v) is 8.06. The quantitative estimate of drug-likeness (QED) is 0.927. The summed E-state index contributed by atoms with van der Waals surface area (Å²) >= 11 is 1.75. The summed E-state index contributed by atoms with van der Waals surface area (Å²) in [6, 6.07) is 8.74. The number of likely N-dealkylation sites (N-methyl/N-ethyl adjacent to an activating group) is 1. The first kappa shape index (κ1) is 16.4. The summed E-state index contributed by atoms with van der Waals surface area (Å²) in [7, 11) is 1.92. The van der Waals surface area contributed by atoms with E-state index in [1.807, 2.05) is 18.9 Å². The van der Waals surface area contributed by atoms with Gasteiger partial charge in [0.25, 0.3) is 0 Å². The summed E-state index contributed by atoms with van der Waals surface area (Å²) in [6.45, 7) is 10.3. The van der Waals surface area contributed by atoms with Gasteiger partial charge in [-0.15, -0.1) is 11.8 Å². The molecule has 3 nitrogen and oxygen atoms in total. The highest BCUT2D eigenvalue weighted by atomic mass is 32.2. The van der Waals surface area contributed by atoms with Crippen molar-refractivity contribution in [3.8, 4) is 0 Å². The molecule has 116 valence electrons. The van der Waals surface area contributed by atoms with E-state index in [0.717, 1.165) is 13.1 Å². The number of nitrogens with one attached hydrogen (secondary N) is 1. The van der Waals surface area contributed by atoms with Crippen LogP contribution in [0.4, 0.5) is 0 Å². The van der Waals surface area contributed by atoms with Crippen molar-refractivity contribution >= 4 is 17.7 Å². The first-order valence-electron chi connectivity index (χ1n) is 7.55. The molecule has 1 aliphatic rings. The van der Waals surface area contributed by atoms with E-state index in [1.54, 1.807) is 11.8 Å². The third kappa shape index (κ3) is 3.61. The lowest BCUT2D eigenvalue weighted by Crippen LogP contribution is -2.35. The number of carbonyl (C=O) groups is 1. The molecule has 1 aliphatic heterocycles. The zero-order valence-electron chi connectivity index (χ0n) is 13.6. The van der Waals surface area contributed by atoms with Gasteiger partial charge >= 0.3 is 0 Å². The Labute approximate surface area is 132 Å². The van der Waals surface area contributed by atoms with E-state index in [4.69, 9.17) is 0 Å². The summed E-state index contributed by atoms with van der Waals surface area (Å²) in [4.78, 5) is 14.3. The molecular weight excluding hydrogens is 280 g/mol. The lowest BCUT2D eigenvalue weighted by Gasteiger charge is -2.25. The van der Waals surface area contributed by atoms with Gasteiger partial charge in [0.05, 0.1) is 5.25 Å².